The van der Waals surface area contributed by atoms with Gasteiger partial charge in [-0.05, 0) is 13.8 Å². The number of amides is 1. The number of hydrogen-bond donors (Lipinski definition) is 3. The molecule has 0 unspecified atom stereocenters. The second-order valence-electron chi connectivity index (χ2n) is 4.81. The normalized spacial score (nSPS) is 11.1. The third kappa shape index (κ3) is 4.20. The summed E-state index contributed by atoms with van der Waals surface area (Å²) in [5.74, 6) is 1.85. The first-order valence-corrected chi connectivity index (χ1v) is 5.98. The van der Waals surface area contributed by atoms with E-state index in [1.165, 1.54) is 0 Å². The molecule has 0 radical (unpaired) electrons. The van der Waals surface area contributed by atoms with E-state index in [1.54, 1.807) is 7.05 Å². The Hall–Kier alpha value is -1.85. The average Bonchev–Trinajstić information content (AvgIpc) is 2.25. The molecule has 0 saturated carbocycles. The highest BCUT2D eigenvalue weighted by Gasteiger charge is 2.21. The predicted octanol–water partition coefficient (Wildman–Crippen LogP) is 1.15. The summed E-state index contributed by atoms with van der Waals surface area (Å²) >= 11 is 0. The van der Waals surface area contributed by atoms with Crippen molar-refractivity contribution in [2.24, 2.45) is 5.73 Å². The standard InChI is InChI=1S/C12H21N5O/c1-5-9-15-10(14-4)6-11(16-9)17-12(2,3)7-8(13)18/h6H,5,7H2,1-4H3,(H2,13,18)(H2,14,15,16,17). The van der Waals surface area contributed by atoms with E-state index in [0.29, 0.717) is 5.82 Å². The summed E-state index contributed by atoms with van der Waals surface area (Å²) in [6, 6.07) is 1.81. The van der Waals surface area contributed by atoms with Crippen LogP contribution in [0.5, 0.6) is 0 Å². The first-order chi connectivity index (χ1) is 8.36. The summed E-state index contributed by atoms with van der Waals surface area (Å²) < 4.78 is 0. The fraction of sp³-hybridized carbons (Fsp3) is 0.583. The number of nitrogens with two attached hydrogens (primary N) is 1. The summed E-state index contributed by atoms with van der Waals surface area (Å²) in [5, 5.41) is 6.19. The van der Waals surface area contributed by atoms with Gasteiger partial charge in [-0.2, -0.15) is 0 Å². The summed E-state index contributed by atoms with van der Waals surface area (Å²) in [7, 11) is 1.81. The average molecular weight is 251 g/mol. The van der Waals surface area contributed by atoms with Gasteiger partial charge < -0.3 is 16.4 Å². The van der Waals surface area contributed by atoms with Crippen LogP contribution in [0.25, 0.3) is 0 Å². The summed E-state index contributed by atoms with van der Waals surface area (Å²) in [4.78, 5) is 19.7. The highest BCUT2D eigenvalue weighted by Crippen LogP contribution is 2.18. The number of nitrogens with zero attached hydrogens (tertiary/aromatic N) is 2. The highest BCUT2D eigenvalue weighted by atomic mass is 16.1. The molecule has 0 bridgehead atoms. The molecule has 1 aromatic rings. The van der Waals surface area contributed by atoms with Crippen molar-refractivity contribution in [3.05, 3.63) is 11.9 Å². The van der Waals surface area contributed by atoms with Gasteiger partial charge >= 0.3 is 0 Å². The second-order valence-corrected chi connectivity index (χ2v) is 4.81. The Morgan fingerprint density at radius 1 is 1.39 bits per heavy atom. The first-order valence-electron chi connectivity index (χ1n) is 5.98. The second kappa shape index (κ2) is 5.66. The van der Waals surface area contributed by atoms with Crippen LogP contribution in [0.2, 0.25) is 0 Å². The molecule has 0 fully saturated rings. The van der Waals surface area contributed by atoms with Gasteiger partial charge in [0.2, 0.25) is 5.91 Å². The Balaban J connectivity index is 2.92. The number of carbonyl (C=O) groups is 1. The van der Waals surface area contributed by atoms with Crippen molar-refractivity contribution in [2.45, 2.75) is 39.2 Å². The monoisotopic (exact) mass is 251 g/mol. The maximum atomic E-state index is 11.0. The smallest absolute Gasteiger partial charge is 0.219 e. The maximum Gasteiger partial charge on any atom is 0.219 e. The van der Waals surface area contributed by atoms with Crippen LogP contribution in [0.3, 0.4) is 0 Å². The van der Waals surface area contributed by atoms with Gasteiger partial charge in [-0.15, -0.1) is 0 Å². The lowest BCUT2D eigenvalue weighted by Crippen LogP contribution is -2.36. The van der Waals surface area contributed by atoms with Gasteiger partial charge in [-0.1, -0.05) is 6.92 Å². The van der Waals surface area contributed by atoms with Crippen molar-refractivity contribution in [3.63, 3.8) is 0 Å². The molecule has 1 aromatic heterocycles. The lowest BCUT2D eigenvalue weighted by atomic mass is 10.0. The molecule has 0 aromatic carbocycles. The summed E-state index contributed by atoms with van der Waals surface area (Å²) in [5.41, 5.74) is 4.79. The van der Waals surface area contributed by atoms with E-state index < -0.39 is 5.54 Å². The molecule has 1 rings (SSSR count). The molecule has 6 heteroatoms. The first kappa shape index (κ1) is 14.2. The molecule has 1 amide bonds. The van der Waals surface area contributed by atoms with E-state index in [-0.39, 0.29) is 12.3 Å². The van der Waals surface area contributed by atoms with Crippen LogP contribution in [-0.4, -0.2) is 28.5 Å². The SMILES string of the molecule is CCc1nc(NC)cc(NC(C)(C)CC(N)=O)n1. The molecule has 0 atom stereocenters. The molecule has 4 N–H and O–H groups in total. The molecule has 0 aliphatic rings. The molecule has 0 spiro atoms. The molecule has 1 heterocycles. The number of primary amides is 1. The molecule has 0 aliphatic heterocycles. The number of anilines is 2. The Morgan fingerprint density at radius 3 is 2.50 bits per heavy atom. The highest BCUT2D eigenvalue weighted by molar-refractivity contribution is 5.75. The van der Waals surface area contributed by atoms with Crippen LogP contribution in [0.4, 0.5) is 11.6 Å². The zero-order valence-electron chi connectivity index (χ0n) is 11.4. The Morgan fingerprint density at radius 2 is 2.00 bits per heavy atom. The summed E-state index contributed by atoms with van der Waals surface area (Å²) in [6.45, 7) is 5.81. The minimum atomic E-state index is -0.434. The van der Waals surface area contributed by atoms with Crippen molar-refractivity contribution in [2.75, 3.05) is 17.7 Å². The van der Waals surface area contributed by atoms with Crippen LogP contribution in [-0.2, 0) is 11.2 Å². The lowest BCUT2D eigenvalue weighted by molar-refractivity contribution is -0.118. The van der Waals surface area contributed by atoms with E-state index in [0.717, 1.165) is 18.1 Å². The zero-order chi connectivity index (χ0) is 13.8. The number of carbonyl (C=O) groups excluding carboxylic acids is 1. The van der Waals surface area contributed by atoms with E-state index in [1.807, 2.05) is 26.8 Å². The van der Waals surface area contributed by atoms with Gasteiger partial charge in [0.05, 0.1) is 0 Å². The van der Waals surface area contributed by atoms with Crippen molar-refractivity contribution < 1.29 is 4.79 Å². The molecular weight excluding hydrogens is 230 g/mol. The minimum absolute atomic E-state index is 0.243. The van der Waals surface area contributed by atoms with Crippen molar-refractivity contribution in [3.8, 4) is 0 Å². The van der Waals surface area contributed by atoms with Gasteiger partial charge in [0.25, 0.3) is 0 Å². The molecule has 0 saturated heterocycles. The van der Waals surface area contributed by atoms with E-state index in [2.05, 4.69) is 20.6 Å². The van der Waals surface area contributed by atoms with Crippen molar-refractivity contribution in [1.82, 2.24) is 9.97 Å². The van der Waals surface area contributed by atoms with E-state index >= 15 is 0 Å². The number of rotatable bonds is 6. The zero-order valence-corrected chi connectivity index (χ0v) is 11.4. The van der Waals surface area contributed by atoms with Crippen LogP contribution in [0.15, 0.2) is 6.07 Å². The topological polar surface area (TPSA) is 92.9 Å². The molecule has 6 nitrogen and oxygen atoms in total. The quantitative estimate of drug-likeness (QED) is 0.705. The van der Waals surface area contributed by atoms with Crippen LogP contribution >= 0.6 is 0 Å². The van der Waals surface area contributed by atoms with Gasteiger partial charge in [-0.25, -0.2) is 9.97 Å². The molecular formula is C12H21N5O. The molecule has 0 aliphatic carbocycles. The van der Waals surface area contributed by atoms with Crippen molar-refractivity contribution >= 4 is 17.5 Å². The van der Waals surface area contributed by atoms with Crippen molar-refractivity contribution in [1.29, 1.82) is 0 Å². The van der Waals surface area contributed by atoms with Crippen LogP contribution < -0.4 is 16.4 Å². The number of hydrogen-bond acceptors (Lipinski definition) is 5. The fourth-order valence-corrected chi connectivity index (χ4v) is 1.67. The Kier molecular flexibility index (Phi) is 4.47. The third-order valence-electron chi connectivity index (χ3n) is 2.43. The molecule has 100 valence electrons. The Bertz CT molecular complexity index is 408. The molecule has 18 heavy (non-hydrogen) atoms. The lowest BCUT2D eigenvalue weighted by Gasteiger charge is -2.25. The largest absolute Gasteiger partial charge is 0.373 e. The van der Waals surface area contributed by atoms with Gasteiger partial charge in [0, 0.05) is 31.5 Å². The van der Waals surface area contributed by atoms with E-state index in [9.17, 15) is 4.79 Å². The van der Waals surface area contributed by atoms with Crippen LogP contribution in [0, 0.1) is 0 Å². The fourth-order valence-electron chi connectivity index (χ4n) is 1.67. The predicted molar refractivity (Wildman–Crippen MR) is 72.5 cm³/mol. The third-order valence-corrected chi connectivity index (χ3v) is 2.43. The van der Waals surface area contributed by atoms with Gasteiger partial charge in [0.1, 0.15) is 17.5 Å². The number of aryl methyl sites for hydroxylation is 1. The maximum absolute atomic E-state index is 11.0. The van der Waals surface area contributed by atoms with Crippen LogP contribution in [0.1, 0.15) is 33.0 Å². The summed E-state index contributed by atoms with van der Waals surface area (Å²) in [6.07, 6.45) is 0.994. The van der Waals surface area contributed by atoms with Gasteiger partial charge in [-0.3, -0.25) is 4.79 Å². The number of aromatic nitrogens is 2. The Labute approximate surface area is 107 Å². The minimum Gasteiger partial charge on any atom is -0.373 e. The van der Waals surface area contributed by atoms with Gasteiger partial charge in [0.15, 0.2) is 0 Å². The van der Waals surface area contributed by atoms with E-state index in [4.69, 9.17) is 5.73 Å². The number of nitrogens with one attached hydrogen (secondary N) is 2.